The van der Waals surface area contributed by atoms with Gasteiger partial charge in [-0.3, -0.25) is 19.8 Å². The minimum Gasteiger partial charge on any atom is -0.382 e. The van der Waals surface area contributed by atoms with E-state index in [1.807, 2.05) is 6.92 Å². The summed E-state index contributed by atoms with van der Waals surface area (Å²) in [4.78, 5) is 37.7. The Hall–Kier alpha value is -1.43. The summed E-state index contributed by atoms with van der Waals surface area (Å²) in [5, 5.41) is 2.35. The normalized spacial score (nSPS) is 22.2. The smallest absolute Gasteiger partial charge is 0.330 e. The van der Waals surface area contributed by atoms with Crippen molar-refractivity contribution in [2.75, 3.05) is 19.8 Å². The second kappa shape index (κ2) is 6.35. The fourth-order valence-electron chi connectivity index (χ4n) is 3.00. The first kappa shape index (κ1) is 15.0. The second-order valence-corrected chi connectivity index (χ2v) is 5.41. The monoisotopic (exact) mass is 282 g/mol. The molecule has 2 fully saturated rings. The molecule has 1 heterocycles. The Balaban J connectivity index is 2.06. The van der Waals surface area contributed by atoms with Gasteiger partial charge in [0.1, 0.15) is 5.41 Å². The molecule has 0 unspecified atom stereocenters. The summed E-state index contributed by atoms with van der Waals surface area (Å²) in [6, 6.07) is -0.590. The number of barbiturate groups is 1. The fourth-order valence-corrected chi connectivity index (χ4v) is 3.00. The highest BCUT2D eigenvalue weighted by Gasteiger charge is 2.53. The van der Waals surface area contributed by atoms with Crippen LogP contribution in [0.1, 0.15) is 45.4 Å². The predicted octanol–water partition coefficient (Wildman–Crippen LogP) is 1.44. The topological polar surface area (TPSA) is 75.7 Å². The Morgan fingerprint density at radius 2 is 1.90 bits per heavy atom. The number of imide groups is 2. The quantitative estimate of drug-likeness (QED) is 0.611. The van der Waals surface area contributed by atoms with Crippen LogP contribution in [0.15, 0.2) is 0 Å². The Kier molecular flexibility index (Phi) is 4.75. The van der Waals surface area contributed by atoms with E-state index in [4.69, 9.17) is 4.74 Å². The number of rotatable bonds is 5. The van der Waals surface area contributed by atoms with Crippen LogP contribution in [0.4, 0.5) is 4.79 Å². The Labute approximate surface area is 118 Å². The molecule has 1 spiro atoms. The summed E-state index contributed by atoms with van der Waals surface area (Å²) in [7, 11) is 0. The maximum absolute atomic E-state index is 12.6. The van der Waals surface area contributed by atoms with Gasteiger partial charge in [-0.1, -0.05) is 19.3 Å². The zero-order chi connectivity index (χ0) is 14.6. The third-order valence-electron chi connectivity index (χ3n) is 4.14. The first-order valence-electron chi connectivity index (χ1n) is 7.37. The van der Waals surface area contributed by atoms with Gasteiger partial charge in [-0.25, -0.2) is 4.79 Å². The molecule has 1 saturated heterocycles. The lowest BCUT2D eigenvalue weighted by atomic mass is 9.71. The van der Waals surface area contributed by atoms with Crippen molar-refractivity contribution in [1.82, 2.24) is 10.2 Å². The Bertz CT molecular complexity index is 402. The summed E-state index contributed by atoms with van der Waals surface area (Å²) in [5.41, 5.74) is -1.00. The van der Waals surface area contributed by atoms with Crippen LogP contribution < -0.4 is 5.32 Å². The lowest BCUT2D eigenvalue weighted by Crippen LogP contribution is -2.64. The van der Waals surface area contributed by atoms with Gasteiger partial charge in [-0.2, -0.15) is 0 Å². The molecule has 2 aliphatic rings. The molecule has 1 aliphatic carbocycles. The highest BCUT2D eigenvalue weighted by atomic mass is 16.5. The molecule has 112 valence electrons. The summed E-state index contributed by atoms with van der Waals surface area (Å²) in [5.74, 6) is -0.726. The van der Waals surface area contributed by atoms with Crippen molar-refractivity contribution in [2.24, 2.45) is 5.41 Å². The van der Waals surface area contributed by atoms with Gasteiger partial charge in [0.25, 0.3) is 0 Å². The molecule has 0 aromatic heterocycles. The van der Waals surface area contributed by atoms with Crippen LogP contribution in [0, 0.1) is 5.41 Å². The van der Waals surface area contributed by atoms with Crippen LogP contribution in [0.3, 0.4) is 0 Å². The number of ether oxygens (including phenoxy) is 1. The molecule has 6 heteroatoms. The average molecular weight is 282 g/mol. The highest BCUT2D eigenvalue weighted by Crippen LogP contribution is 2.40. The maximum atomic E-state index is 12.6. The molecule has 1 N–H and O–H groups in total. The van der Waals surface area contributed by atoms with E-state index in [0.29, 0.717) is 39.0 Å². The number of nitrogens with one attached hydrogen (secondary N) is 1. The summed E-state index contributed by atoms with van der Waals surface area (Å²) in [6.45, 7) is 3.32. The van der Waals surface area contributed by atoms with E-state index in [1.54, 1.807) is 0 Å². The fraction of sp³-hybridized carbons (Fsp3) is 0.786. The SMILES string of the molecule is CCOCCCN1C(=O)NC(=O)C2(CCCCC2)C1=O. The molecule has 0 aromatic carbocycles. The van der Waals surface area contributed by atoms with Crippen LogP contribution in [0.5, 0.6) is 0 Å². The van der Waals surface area contributed by atoms with Crippen molar-refractivity contribution in [3.63, 3.8) is 0 Å². The van der Waals surface area contributed by atoms with Crippen molar-refractivity contribution in [3.8, 4) is 0 Å². The Morgan fingerprint density at radius 3 is 2.55 bits per heavy atom. The number of urea groups is 1. The van der Waals surface area contributed by atoms with Gasteiger partial charge in [0.15, 0.2) is 0 Å². The molecule has 2 rings (SSSR count). The van der Waals surface area contributed by atoms with Crippen molar-refractivity contribution in [1.29, 1.82) is 0 Å². The summed E-state index contributed by atoms with van der Waals surface area (Å²) < 4.78 is 5.22. The number of carbonyl (C=O) groups is 3. The number of amides is 4. The van der Waals surface area contributed by atoms with Crippen LogP contribution in [-0.2, 0) is 14.3 Å². The van der Waals surface area contributed by atoms with E-state index >= 15 is 0 Å². The molecule has 0 atom stereocenters. The number of carbonyl (C=O) groups excluding carboxylic acids is 3. The van der Waals surface area contributed by atoms with Gasteiger partial charge in [0, 0.05) is 19.8 Å². The van der Waals surface area contributed by atoms with E-state index in [-0.39, 0.29) is 5.91 Å². The van der Waals surface area contributed by atoms with E-state index in [9.17, 15) is 14.4 Å². The standard InChI is InChI=1S/C14H22N2O4/c1-2-20-10-6-9-16-12(18)14(7-4-3-5-8-14)11(17)15-13(16)19/h2-10H2,1H3,(H,15,17,19). The predicted molar refractivity (Wildman–Crippen MR) is 71.9 cm³/mol. The minimum absolute atomic E-state index is 0.305. The molecule has 20 heavy (non-hydrogen) atoms. The summed E-state index contributed by atoms with van der Waals surface area (Å²) in [6.07, 6.45) is 4.46. The van der Waals surface area contributed by atoms with Gasteiger partial charge < -0.3 is 4.74 Å². The van der Waals surface area contributed by atoms with Crippen LogP contribution in [-0.4, -0.2) is 42.5 Å². The molecule has 1 saturated carbocycles. The largest absolute Gasteiger partial charge is 0.382 e. The highest BCUT2D eigenvalue weighted by molar-refractivity contribution is 6.19. The third-order valence-corrected chi connectivity index (χ3v) is 4.14. The maximum Gasteiger partial charge on any atom is 0.330 e. The second-order valence-electron chi connectivity index (χ2n) is 5.41. The van der Waals surface area contributed by atoms with Crippen LogP contribution in [0.25, 0.3) is 0 Å². The third kappa shape index (κ3) is 2.70. The Morgan fingerprint density at radius 1 is 1.20 bits per heavy atom. The van der Waals surface area contributed by atoms with E-state index in [1.165, 1.54) is 4.90 Å². The first-order valence-corrected chi connectivity index (χ1v) is 7.37. The van der Waals surface area contributed by atoms with Gasteiger partial charge in [-0.05, 0) is 26.2 Å². The van der Waals surface area contributed by atoms with Crippen molar-refractivity contribution >= 4 is 17.8 Å². The number of nitrogens with zero attached hydrogens (tertiary/aromatic N) is 1. The summed E-state index contributed by atoms with van der Waals surface area (Å²) >= 11 is 0. The zero-order valence-corrected chi connectivity index (χ0v) is 11.9. The minimum atomic E-state index is -1.00. The van der Waals surface area contributed by atoms with Crippen molar-refractivity contribution < 1.29 is 19.1 Å². The molecular formula is C14H22N2O4. The van der Waals surface area contributed by atoms with E-state index in [0.717, 1.165) is 19.3 Å². The molecule has 6 nitrogen and oxygen atoms in total. The number of hydrogen-bond donors (Lipinski definition) is 1. The van der Waals surface area contributed by atoms with Gasteiger partial charge >= 0.3 is 6.03 Å². The molecule has 0 aromatic rings. The molecule has 1 aliphatic heterocycles. The van der Waals surface area contributed by atoms with Crippen molar-refractivity contribution in [2.45, 2.75) is 45.4 Å². The lowest BCUT2D eigenvalue weighted by molar-refractivity contribution is -0.154. The molecule has 0 radical (unpaired) electrons. The van der Waals surface area contributed by atoms with Crippen molar-refractivity contribution in [3.05, 3.63) is 0 Å². The van der Waals surface area contributed by atoms with Gasteiger partial charge in [0.05, 0.1) is 0 Å². The molecule has 0 bridgehead atoms. The zero-order valence-electron chi connectivity index (χ0n) is 11.9. The van der Waals surface area contributed by atoms with E-state index in [2.05, 4.69) is 5.32 Å². The average Bonchev–Trinajstić information content (AvgIpc) is 2.46. The molecule has 4 amide bonds. The van der Waals surface area contributed by atoms with Crippen LogP contribution in [0.2, 0.25) is 0 Å². The van der Waals surface area contributed by atoms with Crippen LogP contribution >= 0.6 is 0 Å². The lowest BCUT2D eigenvalue weighted by Gasteiger charge is -2.41. The molecular weight excluding hydrogens is 260 g/mol. The van der Waals surface area contributed by atoms with E-state index < -0.39 is 17.4 Å². The first-order chi connectivity index (χ1) is 9.62. The van der Waals surface area contributed by atoms with Gasteiger partial charge in [-0.15, -0.1) is 0 Å². The number of hydrogen-bond acceptors (Lipinski definition) is 4. The van der Waals surface area contributed by atoms with Gasteiger partial charge in [0.2, 0.25) is 11.8 Å².